The number of aromatic nitrogens is 4. The summed E-state index contributed by atoms with van der Waals surface area (Å²) in [5.74, 6) is 1.09. The minimum Gasteiger partial charge on any atom is -0.369 e. The number of nitrogens with zero attached hydrogens (tertiary/aromatic N) is 5. The lowest BCUT2D eigenvalue weighted by Gasteiger charge is -2.13. The molecule has 5 aromatic rings. The van der Waals surface area contributed by atoms with E-state index in [2.05, 4.69) is 35.8 Å². The third-order valence-electron chi connectivity index (χ3n) is 5.02. The largest absolute Gasteiger partial charge is 0.369 e. The molecule has 4 N–H and O–H groups in total. The van der Waals surface area contributed by atoms with E-state index < -0.39 is 0 Å². The Morgan fingerprint density at radius 3 is 2.37 bits per heavy atom. The molecule has 3 aromatic heterocycles. The SMILES string of the molecule is Cc1cc(-c2cccs2)nc(Nc2ccccc2NC(N)=Nc2ccc(-c3ccccc3)nn2)n1. The predicted molar refractivity (Wildman–Crippen MR) is 142 cm³/mol. The summed E-state index contributed by atoms with van der Waals surface area (Å²) in [5, 5.41) is 16.9. The van der Waals surface area contributed by atoms with Crippen molar-refractivity contribution in [2.45, 2.75) is 6.92 Å². The molecule has 2 aromatic carbocycles. The second-order valence-corrected chi connectivity index (χ2v) is 8.58. The number of nitrogens with two attached hydrogens (primary N) is 1. The minimum atomic E-state index is 0.186. The molecule has 8 nitrogen and oxygen atoms in total. The van der Waals surface area contributed by atoms with Gasteiger partial charge < -0.3 is 16.4 Å². The van der Waals surface area contributed by atoms with Crippen LogP contribution in [0.25, 0.3) is 21.8 Å². The van der Waals surface area contributed by atoms with Gasteiger partial charge in [-0.15, -0.1) is 21.5 Å². The highest BCUT2D eigenvalue weighted by molar-refractivity contribution is 7.13. The third-order valence-corrected chi connectivity index (χ3v) is 5.91. The highest BCUT2D eigenvalue weighted by Crippen LogP contribution is 2.27. The normalized spacial score (nSPS) is 11.3. The van der Waals surface area contributed by atoms with Crippen LogP contribution in [0.15, 0.2) is 95.3 Å². The Morgan fingerprint density at radius 2 is 1.63 bits per heavy atom. The van der Waals surface area contributed by atoms with E-state index in [0.717, 1.165) is 38.9 Å². The van der Waals surface area contributed by atoms with E-state index in [1.165, 1.54) is 0 Å². The molecule has 0 radical (unpaired) electrons. The van der Waals surface area contributed by atoms with E-state index in [1.54, 1.807) is 17.4 Å². The summed E-state index contributed by atoms with van der Waals surface area (Å²) < 4.78 is 0. The van der Waals surface area contributed by atoms with E-state index in [0.29, 0.717) is 11.8 Å². The van der Waals surface area contributed by atoms with Gasteiger partial charge in [0, 0.05) is 11.3 Å². The van der Waals surface area contributed by atoms with Crippen molar-refractivity contribution in [1.29, 1.82) is 0 Å². The van der Waals surface area contributed by atoms with Crippen molar-refractivity contribution in [2.75, 3.05) is 10.6 Å². The molecule has 172 valence electrons. The number of thiophene rings is 1. The average molecular weight is 479 g/mol. The Balaban J connectivity index is 1.34. The summed E-state index contributed by atoms with van der Waals surface area (Å²) >= 11 is 1.64. The third kappa shape index (κ3) is 5.48. The first kappa shape index (κ1) is 22.2. The number of aliphatic imine (C=N–C) groups is 1. The van der Waals surface area contributed by atoms with Crippen LogP contribution in [0.1, 0.15) is 5.69 Å². The van der Waals surface area contributed by atoms with Gasteiger partial charge in [0.05, 0.1) is 27.6 Å². The number of guanidine groups is 1. The van der Waals surface area contributed by atoms with Crippen LogP contribution in [-0.2, 0) is 0 Å². The molecule has 3 heterocycles. The number of hydrogen-bond donors (Lipinski definition) is 3. The maximum Gasteiger partial charge on any atom is 0.228 e. The number of rotatable bonds is 6. The number of benzene rings is 2. The number of anilines is 3. The van der Waals surface area contributed by atoms with Gasteiger partial charge in [0.25, 0.3) is 0 Å². The predicted octanol–water partition coefficient (Wildman–Crippen LogP) is 5.77. The maximum absolute atomic E-state index is 6.18. The van der Waals surface area contributed by atoms with Gasteiger partial charge in [0.15, 0.2) is 11.8 Å². The molecule has 0 spiro atoms. The summed E-state index contributed by atoms with van der Waals surface area (Å²) in [6, 6.07) is 27.1. The molecule has 35 heavy (non-hydrogen) atoms. The molecule has 0 saturated heterocycles. The van der Waals surface area contributed by atoms with Crippen LogP contribution in [0.4, 0.5) is 23.1 Å². The van der Waals surface area contributed by atoms with Crippen molar-refractivity contribution >= 4 is 40.4 Å². The first-order valence-corrected chi connectivity index (χ1v) is 11.8. The maximum atomic E-state index is 6.18. The standard InChI is InChI=1S/C26H22N8S/c1-17-16-22(23-12-7-15-35-23)31-26(28-17)30-21-11-6-5-10-20(21)29-25(27)32-24-14-13-19(33-34-24)18-8-3-2-4-9-18/h2-16H,1H3,(H,28,30,31)(H3,27,29,32,34). The van der Waals surface area contributed by atoms with E-state index in [4.69, 9.17) is 5.73 Å². The van der Waals surface area contributed by atoms with Crippen molar-refractivity contribution in [3.05, 3.63) is 96.0 Å². The first-order chi connectivity index (χ1) is 17.1. The van der Waals surface area contributed by atoms with Crippen LogP contribution in [0.5, 0.6) is 0 Å². The first-order valence-electron chi connectivity index (χ1n) is 10.9. The van der Waals surface area contributed by atoms with Gasteiger partial charge in [-0.25, -0.2) is 9.97 Å². The Bertz CT molecular complexity index is 1450. The molecule has 0 aliphatic heterocycles. The van der Waals surface area contributed by atoms with Crippen LogP contribution < -0.4 is 16.4 Å². The summed E-state index contributed by atoms with van der Waals surface area (Å²) in [6.07, 6.45) is 0. The van der Waals surface area contributed by atoms with Crippen LogP contribution >= 0.6 is 11.3 Å². The fourth-order valence-electron chi connectivity index (χ4n) is 3.43. The van der Waals surface area contributed by atoms with Crippen LogP contribution in [0, 0.1) is 6.92 Å². The van der Waals surface area contributed by atoms with Crippen molar-refractivity contribution in [3.8, 4) is 21.8 Å². The van der Waals surface area contributed by atoms with Gasteiger partial charge in [-0.05, 0) is 48.7 Å². The molecular weight excluding hydrogens is 456 g/mol. The van der Waals surface area contributed by atoms with Crippen molar-refractivity contribution in [3.63, 3.8) is 0 Å². The Morgan fingerprint density at radius 1 is 0.829 bits per heavy atom. The molecule has 0 saturated carbocycles. The molecule has 9 heteroatoms. The Kier molecular flexibility index (Phi) is 6.40. The number of hydrogen-bond acceptors (Lipinski definition) is 7. The number of para-hydroxylation sites is 2. The van der Waals surface area contributed by atoms with Gasteiger partial charge in [0.2, 0.25) is 5.95 Å². The van der Waals surface area contributed by atoms with Gasteiger partial charge in [-0.2, -0.15) is 4.99 Å². The van der Waals surface area contributed by atoms with Gasteiger partial charge in [0.1, 0.15) is 0 Å². The van der Waals surface area contributed by atoms with Crippen LogP contribution in [0.3, 0.4) is 0 Å². The zero-order valence-corrected chi connectivity index (χ0v) is 19.7. The molecule has 0 aliphatic carbocycles. The van der Waals surface area contributed by atoms with E-state index in [-0.39, 0.29) is 5.96 Å². The quantitative estimate of drug-likeness (QED) is 0.210. The van der Waals surface area contributed by atoms with E-state index >= 15 is 0 Å². The highest BCUT2D eigenvalue weighted by Gasteiger charge is 2.09. The lowest BCUT2D eigenvalue weighted by molar-refractivity contribution is 1.03. The monoisotopic (exact) mass is 478 g/mol. The van der Waals surface area contributed by atoms with Crippen LogP contribution in [-0.4, -0.2) is 26.1 Å². The Hall–Kier alpha value is -4.63. The second kappa shape index (κ2) is 10.1. The Labute approximate surface area is 206 Å². The number of aryl methyl sites for hydroxylation is 1. The topological polar surface area (TPSA) is 114 Å². The second-order valence-electron chi connectivity index (χ2n) is 7.63. The molecule has 0 aliphatic rings. The molecule has 0 amide bonds. The summed E-state index contributed by atoms with van der Waals surface area (Å²) in [6.45, 7) is 1.95. The van der Waals surface area contributed by atoms with Gasteiger partial charge in [-0.1, -0.05) is 48.5 Å². The lowest BCUT2D eigenvalue weighted by atomic mass is 10.1. The molecule has 5 rings (SSSR count). The molecule has 0 unspecified atom stereocenters. The average Bonchev–Trinajstić information content (AvgIpc) is 3.41. The fraction of sp³-hybridized carbons (Fsp3) is 0.0385. The smallest absolute Gasteiger partial charge is 0.228 e. The summed E-state index contributed by atoms with van der Waals surface area (Å²) in [5.41, 5.74) is 11.2. The molecule has 0 atom stereocenters. The van der Waals surface area contributed by atoms with E-state index in [1.807, 2.05) is 91.2 Å². The van der Waals surface area contributed by atoms with Crippen molar-refractivity contribution in [1.82, 2.24) is 20.2 Å². The van der Waals surface area contributed by atoms with E-state index in [9.17, 15) is 0 Å². The summed E-state index contributed by atoms with van der Waals surface area (Å²) in [4.78, 5) is 14.6. The van der Waals surface area contributed by atoms with Crippen molar-refractivity contribution in [2.24, 2.45) is 10.7 Å². The zero-order chi connectivity index (χ0) is 24.0. The van der Waals surface area contributed by atoms with Gasteiger partial charge >= 0.3 is 0 Å². The highest BCUT2D eigenvalue weighted by atomic mass is 32.1. The molecule has 0 bridgehead atoms. The number of nitrogens with one attached hydrogen (secondary N) is 2. The fourth-order valence-corrected chi connectivity index (χ4v) is 4.12. The molecule has 0 fully saturated rings. The van der Waals surface area contributed by atoms with Crippen LogP contribution in [0.2, 0.25) is 0 Å². The minimum absolute atomic E-state index is 0.186. The zero-order valence-electron chi connectivity index (χ0n) is 18.9. The summed E-state index contributed by atoms with van der Waals surface area (Å²) in [7, 11) is 0. The molecular formula is C26H22N8S. The van der Waals surface area contributed by atoms with Gasteiger partial charge in [-0.3, -0.25) is 0 Å². The van der Waals surface area contributed by atoms with Crippen molar-refractivity contribution < 1.29 is 0 Å². The lowest BCUT2D eigenvalue weighted by Crippen LogP contribution is -2.22.